The summed E-state index contributed by atoms with van der Waals surface area (Å²) in [6.07, 6.45) is 3.88. The first-order valence-electron chi connectivity index (χ1n) is 6.24. The van der Waals surface area contributed by atoms with E-state index >= 15 is 0 Å². The highest BCUT2D eigenvalue weighted by molar-refractivity contribution is 5.98. The molecule has 0 spiro atoms. The SMILES string of the molecule is CC1CN(c2ccc3cnccc3c2N)CCO1. The second kappa shape index (κ2) is 4.46. The maximum atomic E-state index is 6.29. The highest BCUT2D eigenvalue weighted by Gasteiger charge is 2.19. The molecule has 1 aromatic carbocycles. The van der Waals surface area contributed by atoms with Crippen LogP contribution in [0.4, 0.5) is 11.4 Å². The summed E-state index contributed by atoms with van der Waals surface area (Å²) in [7, 11) is 0. The lowest BCUT2D eigenvalue weighted by Gasteiger charge is -2.33. The number of hydrogen-bond donors (Lipinski definition) is 1. The quantitative estimate of drug-likeness (QED) is 0.779. The van der Waals surface area contributed by atoms with Crippen molar-refractivity contribution in [1.29, 1.82) is 0 Å². The highest BCUT2D eigenvalue weighted by atomic mass is 16.5. The normalized spacial score (nSPS) is 20.3. The molecule has 0 saturated carbocycles. The Morgan fingerprint density at radius 3 is 3.11 bits per heavy atom. The van der Waals surface area contributed by atoms with Crippen LogP contribution >= 0.6 is 0 Å². The zero-order valence-electron chi connectivity index (χ0n) is 10.5. The maximum absolute atomic E-state index is 6.29. The van der Waals surface area contributed by atoms with Crippen LogP contribution in [0.15, 0.2) is 30.6 Å². The van der Waals surface area contributed by atoms with E-state index in [-0.39, 0.29) is 6.10 Å². The number of rotatable bonds is 1. The van der Waals surface area contributed by atoms with E-state index < -0.39 is 0 Å². The first-order valence-corrected chi connectivity index (χ1v) is 6.24. The minimum atomic E-state index is 0.256. The van der Waals surface area contributed by atoms with Crippen LogP contribution in [0.25, 0.3) is 10.8 Å². The molecular weight excluding hydrogens is 226 g/mol. The van der Waals surface area contributed by atoms with Crippen molar-refractivity contribution in [3.63, 3.8) is 0 Å². The monoisotopic (exact) mass is 243 g/mol. The summed E-state index contributed by atoms with van der Waals surface area (Å²) in [5.74, 6) is 0. The number of pyridine rings is 1. The molecule has 94 valence electrons. The van der Waals surface area contributed by atoms with E-state index in [2.05, 4.69) is 28.9 Å². The molecule has 2 aromatic rings. The van der Waals surface area contributed by atoms with Gasteiger partial charge >= 0.3 is 0 Å². The van der Waals surface area contributed by atoms with Gasteiger partial charge in [0.2, 0.25) is 0 Å². The number of aromatic nitrogens is 1. The van der Waals surface area contributed by atoms with E-state index in [4.69, 9.17) is 10.5 Å². The van der Waals surface area contributed by atoms with Crippen LogP contribution in [0.1, 0.15) is 6.92 Å². The van der Waals surface area contributed by atoms with Gasteiger partial charge in [-0.2, -0.15) is 0 Å². The van der Waals surface area contributed by atoms with Crippen molar-refractivity contribution in [2.24, 2.45) is 0 Å². The lowest BCUT2D eigenvalue weighted by atomic mass is 10.1. The van der Waals surface area contributed by atoms with Gasteiger partial charge in [0.15, 0.2) is 0 Å². The summed E-state index contributed by atoms with van der Waals surface area (Å²) in [5, 5.41) is 2.15. The highest BCUT2D eigenvalue weighted by Crippen LogP contribution is 2.31. The number of anilines is 2. The average Bonchev–Trinajstić information content (AvgIpc) is 2.39. The van der Waals surface area contributed by atoms with Gasteiger partial charge in [-0.1, -0.05) is 6.07 Å². The number of nitrogens with two attached hydrogens (primary N) is 1. The Morgan fingerprint density at radius 1 is 1.39 bits per heavy atom. The molecule has 1 saturated heterocycles. The molecule has 1 unspecified atom stereocenters. The Balaban J connectivity index is 2.04. The van der Waals surface area contributed by atoms with E-state index in [1.165, 1.54) is 0 Å². The number of nitrogen functional groups attached to an aromatic ring is 1. The summed E-state index contributed by atoms with van der Waals surface area (Å²) in [5.41, 5.74) is 8.22. The minimum Gasteiger partial charge on any atom is -0.397 e. The van der Waals surface area contributed by atoms with Crippen molar-refractivity contribution >= 4 is 22.1 Å². The Morgan fingerprint density at radius 2 is 2.28 bits per heavy atom. The Hall–Kier alpha value is -1.81. The summed E-state index contributed by atoms with van der Waals surface area (Å²) in [6.45, 7) is 4.63. The van der Waals surface area contributed by atoms with Gasteiger partial charge in [-0.25, -0.2) is 0 Å². The summed E-state index contributed by atoms with van der Waals surface area (Å²) >= 11 is 0. The van der Waals surface area contributed by atoms with Crippen LogP contribution in [0, 0.1) is 0 Å². The summed E-state index contributed by atoms with van der Waals surface area (Å²) < 4.78 is 5.56. The Labute approximate surface area is 106 Å². The molecule has 1 aromatic heterocycles. The fourth-order valence-corrected chi connectivity index (χ4v) is 2.49. The van der Waals surface area contributed by atoms with Gasteiger partial charge in [0.1, 0.15) is 0 Å². The van der Waals surface area contributed by atoms with E-state index in [1.807, 2.05) is 12.3 Å². The van der Waals surface area contributed by atoms with Gasteiger partial charge in [0.25, 0.3) is 0 Å². The molecule has 18 heavy (non-hydrogen) atoms. The topological polar surface area (TPSA) is 51.4 Å². The van der Waals surface area contributed by atoms with Crippen LogP contribution in [0.2, 0.25) is 0 Å². The van der Waals surface area contributed by atoms with Crippen molar-refractivity contribution < 1.29 is 4.74 Å². The van der Waals surface area contributed by atoms with Crippen molar-refractivity contribution in [3.8, 4) is 0 Å². The lowest BCUT2D eigenvalue weighted by Crippen LogP contribution is -2.41. The maximum Gasteiger partial charge on any atom is 0.0722 e. The third-order valence-corrected chi connectivity index (χ3v) is 3.42. The number of morpholine rings is 1. The lowest BCUT2D eigenvalue weighted by molar-refractivity contribution is 0.0533. The third kappa shape index (κ3) is 1.88. The number of fused-ring (bicyclic) bond motifs is 1. The number of benzene rings is 1. The second-order valence-electron chi connectivity index (χ2n) is 4.72. The van der Waals surface area contributed by atoms with Crippen LogP contribution in [0.3, 0.4) is 0 Å². The first-order chi connectivity index (χ1) is 8.75. The second-order valence-corrected chi connectivity index (χ2v) is 4.72. The van der Waals surface area contributed by atoms with Crippen molar-refractivity contribution in [2.75, 3.05) is 30.3 Å². The predicted octanol–water partition coefficient (Wildman–Crippen LogP) is 2.04. The van der Waals surface area contributed by atoms with Gasteiger partial charge in [0, 0.05) is 36.3 Å². The van der Waals surface area contributed by atoms with Crippen LogP contribution < -0.4 is 10.6 Å². The Bertz CT molecular complexity index is 570. The molecule has 1 aliphatic rings. The van der Waals surface area contributed by atoms with E-state index in [0.717, 1.165) is 41.8 Å². The van der Waals surface area contributed by atoms with Crippen molar-refractivity contribution in [3.05, 3.63) is 30.6 Å². The molecule has 0 bridgehead atoms. The van der Waals surface area contributed by atoms with Gasteiger partial charge in [-0.3, -0.25) is 4.98 Å². The molecule has 2 heterocycles. The average molecular weight is 243 g/mol. The van der Waals surface area contributed by atoms with Crippen LogP contribution in [0.5, 0.6) is 0 Å². The minimum absolute atomic E-state index is 0.256. The zero-order valence-corrected chi connectivity index (χ0v) is 10.5. The molecule has 0 radical (unpaired) electrons. The van der Waals surface area contributed by atoms with Crippen LogP contribution in [-0.2, 0) is 4.74 Å². The molecule has 4 heteroatoms. The predicted molar refractivity (Wildman–Crippen MR) is 73.8 cm³/mol. The molecule has 0 amide bonds. The molecule has 0 aliphatic carbocycles. The molecule has 1 atom stereocenters. The summed E-state index contributed by atoms with van der Waals surface area (Å²) in [4.78, 5) is 6.41. The smallest absolute Gasteiger partial charge is 0.0722 e. The van der Waals surface area contributed by atoms with Gasteiger partial charge in [-0.05, 0) is 19.1 Å². The van der Waals surface area contributed by atoms with Crippen molar-refractivity contribution in [2.45, 2.75) is 13.0 Å². The summed E-state index contributed by atoms with van der Waals surface area (Å²) in [6, 6.07) is 6.13. The van der Waals surface area contributed by atoms with Crippen LogP contribution in [-0.4, -0.2) is 30.8 Å². The van der Waals surface area contributed by atoms with Gasteiger partial charge in [0.05, 0.1) is 24.1 Å². The molecule has 1 aliphatic heterocycles. The standard InChI is InChI=1S/C14H17N3O/c1-10-9-17(6-7-18-10)13-3-2-11-8-16-5-4-12(11)14(13)15/h2-5,8,10H,6-7,9,15H2,1H3. The number of hydrogen-bond acceptors (Lipinski definition) is 4. The largest absolute Gasteiger partial charge is 0.397 e. The Kier molecular flexibility index (Phi) is 2.80. The molecule has 4 nitrogen and oxygen atoms in total. The fraction of sp³-hybridized carbons (Fsp3) is 0.357. The molecular formula is C14H17N3O. The molecule has 3 rings (SSSR count). The van der Waals surface area contributed by atoms with Crippen molar-refractivity contribution in [1.82, 2.24) is 4.98 Å². The molecule has 2 N–H and O–H groups in total. The zero-order chi connectivity index (χ0) is 12.5. The first kappa shape index (κ1) is 11.3. The van der Waals surface area contributed by atoms with E-state index in [1.54, 1.807) is 6.20 Å². The van der Waals surface area contributed by atoms with E-state index in [9.17, 15) is 0 Å². The number of ether oxygens (including phenoxy) is 1. The fourth-order valence-electron chi connectivity index (χ4n) is 2.49. The third-order valence-electron chi connectivity index (χ3n) is 3.42. The number of nitrogens with zero attached hydrogens (tertiary/aromatic N) is 2. The molecule has 1 fully saturated rings. The van der Waals surface area contributed by atoms with E-state index in [0.29, 0.717) is 0 Å². The van der Waals surface area contributed by atoms with Gasteiger partial charge in [-0.15, -0.1) is 0 Å². The van der Waals surface area contributed by atoms with Gasteiger partial charge < -0.3 is 15.4 Å².